The zero-order valence-electron chi connectivity index (χ0n) is 13.5. The highest BCUT2D eigenvalue weighted by molar-refractivity contribution is 5.93. The van der Waals surface area contributed by atoms with Gasteiger partial charge in [0.2, 0.25) is 0 Å². The number of aromatic nitrogens is 2. The molecule has 1 aliphatic rings. The van der Waals surface area contributed by atoms with Crippen molar-refractivity contribution in [1.82, 2.24) is 20.8 Å². The van der Waals surface area contributed by atoms with Crippen molar-refractivity contribution in [3.05, 3.63) is 76.7 Å². The van der Waals surface area contributed by atoms with Gasteiger partial charge in [-0.25, -0.2) is 4.39 Å². The Bertz CT molecular complexity index is 935. The average molecular weight is 336 g/mol. The van der Waals surface area contributed by atoms with Crippen LogP contribution in [0.3, 0.4) is 0 Å². The van der Waals surface area contributed by atoms with Crippen LogP contribution in [0, 0.1) is 5.82 Å². The molecule has 0 fully saturated rings. The van der Waals surface area contributed by atoms with E-state index in [9.17, 15) is 9.18 Å². The topological polar surface area (TPSA) is 69.8 Å². The van der Waals surface area contributed by atoms with Crippen molar-refractivity contribution in [1.29, 1.82) is 0 Å². The summed E-state index contributed by atoms with van der Waals surface area (Å²) in [6.07, 6.45) is 0. The monoisotopic (exact) mass is 336 g/mol. The lowest BCUT2D eigenvalue weighted by atomic mass is 10.1. The van der Waals surface area contributed by atoms with Gasteiger partial charge in [-0.05, 0) is 34.9 Å². The van der Waals surface area contributed by atoms with E-state index in [1.54, 1.807) is 24.3 Å². The Balaban J connectivity index is 1.44. The molecule has 0 atom stereocenters. The molecule has 0 saturated heterocycles. The normalized spacial score (nSPS) is 12.8. The maximum Gasteiger partial charge on any atom is 0.269 e. The zero-order valence-corrected chi connectivity index (χ0v) is 13.5. The molecule has 6 heteroatoms. The first-order valence-electron chi connectivity index (χ1n) is 8.10. The summed E-state index contributed by atoms with van der Waals surface area (Å²) in [6, 6.07) is 14.1. The largest absolute Gasteiger partial charge is 0.347 e. The van der Waals surface area contributed by atoms with E-state index in [1.165, 1.54) is 17.2 Å². The van der Waals surface area contributed by atoms with E-state index in [-0.39, 0.29) is 11.7 Å². The predicted molar refractivity (Wildman–Crippen MR) is 92.1 cm³/mol. The van der Waals surface area contributed by atoms with Crippen LogP contribution in [0.1, 0.15) is 27.2 Å². The molecule has 3 N–H and O–H groups in total. The van der Waals surface area contributed by atoms with Gasteiger partial charge < -0.3 is 10.6 Å². The third-order valence-electron chi connectivity index (χ3n) is 4.33. The molecule has 5 nitrogen and oxygen atoms in total. The van der Waals surface area contributed by atoms with Gasteiger partial charge in [-0.2, -0.15) is 5.10 Å². The summed E-state index contributed by atoms with van der Waals surface area (Å²) >= 11 is 0. The standard InChI is InChI=1S/C19H17FN4O/c20-16-4-2-1-3-15(16)17-8-18(24-23-17)19(25)22-9-12-5-6-13-10-21-11-14(13)7-12/h1-8,21H,9-11H2,(H,22,25)(H,23,24). The number of carbonyl (C=O) groups excluding carboxylic acids is 1. The van der Waals surface area contributed by atoms with E-state index in [4.69, 9.17) is 0 Å². The molecule has 126 valence electrons. The molecular formula is C19H17FN4O. The predicted octanol–water partition coefficient (Wildman–Crippen LogP) is 2.75. The third kappa shape index (κ3) is 3.16. The van der Waals surface area contributed by atoms with Crippen molar-refractivity contribution in [3.8, 4) is 11.3 Å². The van der Waals surface area contributed by atoms with Gasteiger partial charge in [-0.3, -0.25) is 9.89 Å². The number of halogens is 1. The average Bonchev–Trinajstić information content (AvgIpc) is 3.29. The fourth-order valence-corrected chi connectivity index (χ4v) is 2.98. The van der Waals surface area contributed by atoms with E-state index < -0.39 is 0 Å². The first-order valence-corrected chi connectivity index (χ1v) is 8.10. The van der Waals surface area contributed by atoms with Crippen LogP contribution in [0.4, 0.5) is 4.39 Å². The molecule has 2 aromatic carbocycles. The summed E-state index contributed by atoms with van der Waals surface area (Å²) in [5, 5.41) is 12.9. The molecule has 0 radical (unpaired) electrons. The zero-order chi connectivity index (χ0) is 17.2. The Kier molecular flexibility index (Phi) is 4.03. The maximum atomic E-state index is 13.8. The second-order valence-electron chi connectivity index (χ2n) is 6.04. The van der Waals surface area contributed by atoms with Crippen molar-refractivity contribution in [2.75, 3.05) is 0 Å². The minimum absolute atomic E-state index is 0.270. The summed E-state index contributed by atoms with van der Waals surface area (Å²) in [7, 11) is 0. The van der Waals surface area contributed by atoms with Gasteiger partial charge in [0, 0.05) is 25.2 Å². The number of fused-ring (bicyclic) bond motifs is 1. The first-order chi connectivity index (χ1) is 12.2. The van der Waals surface area contributed by atoms with Gasteiger partial charge in [0.15, 0.2) is 0 Å². The lowest BCUT2D eigenvalue weighted by molar-refractivity contribution is 0.0946. The maximum absolute atomic E-state index is 13.8. The van der Waals surface area contributed by atoms with E-state index >= 15 is 0 Å². The number of benzene rings is 2. The van der Waals surface area contributed by atoms with Crippen molar-refractivity contribution >= 4 is 5.91 Å². The number of amides is 1. The van der Waals surface area contributed by atoms with Gasteiger partial charge in [0.05, 0.1) is 5.69 Å². The van der Waals surface area contributed by atoms with Crippen LogP contribution in [0.25, 0.3) is 11.3 Å². The van der Waals surface area contributed by atoms with Gasteiger partial charge >= 0.3 is 0 Å². The SMILES string of the molecule is O=C(NCc1ccc2c(c1)CNC2)c1cc(-c2ccccc2F)n[nH]1. The van der Waals surface area contributed by atoms with Crippen LogP contribution in [0.2, 0.25) is 0 Å². The van der Waals surface area contributed by atoms with Gasteiger partial charge in [-0.1, -0.05) is 30.3 Å². The molecule has 1 aromatic heterocycles. The van der Waals surface area contributed by atoms with Crippen molar-refractivity contribution in [3.63, 3.8) is 0 Å². The highest BCUT2D eigenvalue weighted by Crippen LogP contribution is 2.21. The summed E-state index contributed by atoms with van der Waals surface area (Å²) in [4.78, 5) is 12.3. The molecule has 3 aromatic rings. The number of H-pyrrole nitrogens is 1. The molecule has 0 unspecified atom stereocenters. The van der Waals surface area contributed by atoms with E-state index in [0.717, 1.165) is 18.7 Å². The number of nitrogens with one attached hydrogen (secondary N) is 3. The fraction of sp³-hybridized carbons (Fsp3) is 0.158. The number of hydrogen-bond donors (Lipinski definition) is 3. The van der Waals surface area contributed by atoms with Crippen LogP contribution < -0.4 is 10.6 Å². The number of rotatable bonds is 4. The Hall–Kier alpha value is -2.99. The molecule has 1 amide bonds. The lowest BCUT2D eigenvalue weighted by Crippen LogP contribution is -2.23. The van der Waals surface area contributed by atoms with Crippen molar-refractivity contribution in [2.45, 2.75) is 19.6 Å². The quantitative estimate of drug-likeness (QED) is 0.686. The second-order valence-corrected chi connectivity index (χ2v) is 6.04. The first kappa shape index (κ1) is 15.5. The summed E-state index contributed by atoms with van der Waals surface area (Å²) in [5.74, 6) is -0.638. The Morgan fingerprint density at radius 2 is 1.96 bits per heavy atom. The molecule has 0 spiro atoms. The Morgan fingerprint density at radius 3 is 2.84 bits per heavy atom. The molecule has 0 aliphatic carbocycles. The minimum atomic E-state index is -0.368. The molecular weight excluding hydrogens is 319 g/mol. The number of aromatic amines is 1. The second kappa shape index (κ2) is 6.49. The molecule has 0 saturated carbocycles. The number of hydrogen-bond acceptors (Lipinski definition) is 3. The van der Waals surface area contributed by atoms with E-state index in [1.807, 2.05) is 6.07 Å². The van der Waals surface area contributed by atoms with Gasteiger partial charge in [-0.15, -0.1) is 0 Å². The van der Waals surface area contributed by atoms with Crippen LogP contribution in [0.5, 0.6) is 0 Å². The van der Waals surface area contributed by atoms with Crippen molar-refractivity contribution in [2.24, 2.45) is 0 Å². The van der Waals surface area contributed by atoms with Crippen LogP contribution in [0.15, 0.2) is 48.5 Å². The van der Waals surface area contributed by atoms with E-state index in [2.05, 4.69) is 33.0 Å². The molecule has 0 bridgehead atoms. The summed E-state index contributed by atoms with van der Waals surface area (Å²) < 4.78 is 13.8. The third-order valence-corrected chi connectivity index (χ3v) is 4.33. The number of nitrogens with zero attached hydrogens (tertiary/aromatic N) is 1. The van der Waals surface area contributed by atoms with Gasteiger partial charge in [0.1, 0.15) is 11.5 Å². The minimum Gasteiger partial charge on any atom is -0.347 e. The Labute approximate surface area is 144 Å². The smallest absolute Gasteiger partial charge is 0.269 e. The Morgan fingerprint density at radius 1 is 1.12 bits per heavy atom. The highest BCUT2D eigenvalue weighted by atomic mass is 19.1. The fourth-order valence-electron chi connectivity index (χ4n) is 2.98. The highest BCUT2D eigenvalue weighted by Gasteiger charge is 2.14. The molecule has 4 rings (SSSR count). The van der Waals surface area contributed by atoms with Crippen LogP contribution >= 0.6 is 0 Å². The summed E-state index contributed by atoms with van der Waals surface area (Å²) in [5.41, 5.74) is 4.70. The summed E-state index contributed by atoms with van der Waals surface area (Å²) in [6.45, 7) is 2.19. The lowest BCUT2D eigenvalue weighted by Gasteiger charge is -2.06. The van der Waals surface area contributed by atoms with Crippen molar-refractivity contribution < 1.29 is 9.18 Å². The molecule has 25 heavy (non-hydrogen) atoms. The van der Waals surface area contributed by atoms with Gasteiger partial charge in [0.25, 0.3) is 5.91 Å². The molecule has 1 aliphatic heterocycles. The van der Waals surface area contributed by atoms with Crippen LogP contribution in [-0.2, 0) is 19.6 Å². The van der Waals surface area contributed by atoms with E-state index in [0.29, 0.717) is 23.5 Å². The number of carbonyl (C=O) groups is 1. The van der Waals surface area contributed by atoms with Crippen LogP contribution in [-0.4, -0.2) is 16.1 Å². The molecule has 2 heterocycles.